The van der Waals surface area contributed by atoms with Gasteiger partial charge in [-0.05, 0) is 29.1 Å². The van der Waals surface area contributed by atoms with E-state index in [9.17, 15) is 14.0 Å². The van der Waals surface area contributed by atoms with Crippen LogP contribution >= 0.6 is 23.1 Å². The predicted molar refractivity (Wildman–Crippen MR) is 110 cm³/mol. The van der Waals surface area contributed by atoms with Crippen molar-refractivity contribution in [3.05, 3.63) is 58.0 Å². The number of thioether (sulfide) groups is 1. The number of thiophene rings is 1. The number of nitrogens with zero attached hydrogens (tertiary/aromatic N) is 3. The Morgan fingerprint density at radius 1 is 1.11 bits per heavy atom. The van der Waals surface area contributed by atoms with Crippen molar-refractivity contribution < 1.29 is 14.0 Å². The van der Waals surface area contributed by atoms with Crippen molar-refractivity contribution in [1.29, 1.82) is 0 Å². The predicted octanol–water partition coefficient (Wildman–Crippen LogP) is 2.92. The highest BCUT2D eigenvalue weighted by Gasteiger charge is 2.33. The minimum Gasteiger partial charge on any atom is -0.335 e. The zero-order valence-electron chi connectivity index (χ0n) is 15.4. The van der Waals surface area contributed by atoms with E-state index in [0.717, 1.165) is 30.1 Å². The van der Waals surface area contributed by atoms with E-state index >= 15 is 0 Å². The van der Waals surface area contributed by atoms with Crippen molar-refractivity contribution in [3.8, 4) is 0 Å². The van der Waals surface area contributed by atoms with E-state index in [1.54, 1.807) is 17.8 Å². The van der Waals surface area contributed by atoms with Gasteiger partial charge in [0.25, 0.3) is 5.91 Å². The van der Waals surface area contributed by atoms with Crippen molar-refractivity contribution >= 4 is 34.9 Å². The Labute approximate surface area is 172 Å². The Morgan fingerprint density at radius 3 is 2.64 bits per heavy atom. The van der Waals surface area contributed by atoms with Crippen molar-refractivity contribution in [2.45, 2.75) is 5.37 Å². The minimum absolute atomic E-state index is 0.103. The number of hydrogen-bond acceptors (Lipinski definition) is 5. The first kappa shape index (κ1) is 19.4. The molecule has 2 saturated heterocycles. The van der Waals surface area contributed by atoms with Crippen LogP contribution in [0.1, 0.15) is 20.6 Å². The van der Waals surface area contributed by atoms with Crippen LogP contribution in [0.5, 0.6) is 0 Å². The molecule has 28 heavy (non-hydrogen) atoms. The molecule has 0 aliphatic carbocycles. The fourth-order valence-corrected chi connectivity index (χ4v) is 5.51. The number of halogens is 1. The Bertz CT molecular complexity index is 838. The van der Waals surface area contributed by atoms with Crippen LogP contribution in [0, 0.1) is 5.82 Å². The van der Waals surface area contributed by atoms with E-state index in [4.69, 9.17) is 0 Å². The van der Waals surface area contributed by atoms with Crippen LogP contribution in [0.4, 0.5) is 4.39 Å². The molecule has 0 radical (unpaired) electrons. The highest BCUT2D eigenvalue weighted by Crippen LogP contribution is 2.38. The molecular weight excluding hydrogens is 397 g/mol. The first-order chi connectivity index (χ1) is 13.6. The molecule has 2 aliphatic heterocycles. The van der Waals surface area contributed by atoms with Crippen LogP contribution in [0.15, 0.2) is 41.8 Å². The number of rotatable bonds is 5. The average molecular weight is 420 g/mol. The summed E-state index contributed by atoms with van der Waals surface area (Å²) in [5.74, 6) is 0.367. The number of benzene rings is 1. The van der Waals surface area contributed by atoms with Gasteiger partial charge in [-0.1, -0.05) is 18.2 Å². The molecule has 0 N–H and O–H groups in total. The lowest BCUT2D eigenvalue weighted by Gasteiger charge is -2.36. The van der Waals surface area contributed by atoms with E-state index < -0.39 is 0 Å². The molecule has 148 valence electrons. The van der Waals surface area contributed by atoms with Gasteiger partial charge in [-0.25, -0.2) is 4.39 Å². The Kier molecular flexibility index (Phi) is 5.99. The van der Waals surface area contributed by atoms with E-state index in [-0.39, 0.29) is 23.0 Å². The smallest absolute Gasteiger partial charge is 0.264 e. The zero-order valence-corrected chi connectivity index (χ0v) is 17.1. The topological polar surface area (TPSA) is 43.9 Å². The quantitative estimate of drug-likeness (QED) is 0.748. The van der Waals surface area contributed by atoms with Crippen LogP contribution < -0.4 is 0 Å². The summed E-state index contributed by atoms with van der Waals surface area (Å²) >= 11 is 3.02. The lowest BCUT2D eigenvalue weighted by molar-refractivity contribution is -0.128. The first-order valence-corrected chi connectivity index (χ1v) is 11.3. The average Bonchev–Trinajstić information content (AvgIpc) is 3.36. The van der Waals surface area contributed by atoms with Gasteiger partial charge in [0, 0.05) is 39.3 Å². The Morgan fingerprint density at radius 2 is 1.93 bits per heavy atom. The largest absolute Gasteiger partial charge is 0.335 e. The lowest BCUT2D eigenvalue weighted by atomic mass is 10.2. The molecule has 0 saturated carbocycles. The molecule has 2 aromatic rings. The molecule has 2 aliphatic rings. The van der Waals surface area contributed by atoms with Crippen LogP contribution in [-0.4, -0.2) is 71.5 Å². The first-order valence-electron chi connectivity index (χ1n) is 9.33. The second-order valence-corrected chi connectivity index (χ2v) is 8.93. The van der Waals surface area contributed by atoms with Crippen LogP contribution in [0.3, 0.4) is 0 Å². The zero-order chi connectivity index (χ0) is 19.5. The second-order valence-electron chi connectivity index (χ2n) is 6.92. The van der Waals surface area contributed by atoms with Crippen molar-refractivity contribution in [1.82, 2.24) is 14.7 Å². The number of hydrogen-bond donors (Lipinski definition) is 0. The summed E-state index contributed by atoms with van der Waals surface area (Å²) in [6.45, 7) is 4.39. The van der Waals surface area contributed by atoms with E-state index in [0.29, 0.717) is 25.4 Å². The van der Waals surface area contributed by atoms with E-state index in [1.807, 2.05) is 33.4 Å². The van der Waals surface area contributed by atoms with Gasteiger partial charge in [0.1, 0.15) is 11.2 Å². The third-order valence-corrected chi connectivity index (χ3v) is 7.26. The molecule has 4 rings (SSSR count). The van der Waals surface area contributed by atoms with E-state index in [2.05, 4.69) is 4.90 Å². The molecule has 1 aromatic carbocycles. The van der Waals surface area contributed by atoms with Gasteiger partial charge < -0.3 is 9.80 Å². The summed E-state index contributed by atoms with van der Waals surface area (Å²) in [6.07, 6.45) is 0. The number of carbonyl (C=O) groups is 2. The fourth-order valence-electron chi connectivity index (χ4n) is 3.61. The van der Waals surface area contributed by atoms with Crippen molar-refractivity contribution in [3.63, 3.8) is 0 Å². The van der Waals surface area contributed by atoms with Gasteiger partial charge in [0.05, 0.1) is 10.6 Å². The van der Waals surface area contributed by atoms with Gasteiger partial charge in [0.15, 0.2) is 0 Å². The highest BCUT2D eigenvalue weighted by molar-refractivity contribution is 8.00. The van der Waals surface area contributed by atoms with Gasteiger partial charge in [-0.2, -0.15) is 0 Å². The standard InChI is InChI=1S/C20H22FN3O2S2/c21-16-4-1-3-15(13-16)20-24(18(25)14-28-20)11-8-22-6-9-23(10-7-22)19(26)17-5-2-12-27-17/h1-5,12-13,20H,6-11,14H2/t20-/m1/s1. The second kappa shape index (κ2) is 8.63. The molecule has 0 spiro atoms. The van der Waals surface area contributed by atoms with Gasteiger partial charge in [0.2, 0.25) is 5.91 Å². The van der Waals surface area contributed by atoms with Gasteiger partial charge >= 0.3 is 0 Å². The van der Waals surface area contributed by atoms with Crippen molar-refractivity contribution in [2.75, 3.05) is 45.0 Å². The summed E-state index contributed by atoms with van der Waals surface area (Å²) in [7, 11) is 0. The summed E-state index contributed by atoms with van der Waals surface area (Å²) in [6, 6.07) is 10.3. The molecule has 2 fully saturated rings. The molecular formula is C20H22FN3O2S2. The normalized spacial score (nSPS) is 20.8. The summed E-state index contributed by atoms with van der Waals surface area (Å²) < 4.78 is 13.6. The molecule has 2 amide bonds. The third-order valence-electron chi connectivity index (χ3n) is 5.15. The molecule has 1 atom stereocenters. The number of carbonyl (C=O) groups excluding carboxylic acids is 2. The van der Waals surface area contributed by atoms with Crippen LogP contribution in [-0.2, 0) is 4.79 Å². The summed E-state index contributed by atoms with van der Waals surface area (Å²) in [5, 5.41) is 1.80. The van der Waals surface area contributed by atoms with Gasteiger partial charge in [-0.15, -0.1) is 23.1 Å². The Balaban J connectivity index is 1.30. The maximum absolute atomic E-state index is 13.6. The summed E-state index contributed by atoms with van der Waals surface area (Å²) in [4.78, 5) is 31.6. The molecule has 8 heteroatoms. The lowest BCUT2D eigenvalue weighted by Crippen LogP contribution is -2.50. The molecule has 0 bridgehead atoms. The number of amides is 2. The van der Waals surface area contributed by atoms with Gasteiger partial charge in [-0.3, -0.25) is 14.5 Å². The molecule has 3 heterocycles. The minimum atomic E-state index is -0.274. The van der Waals surface area contributed by atoms with E-state index in [1.165, 1.54) is 23.5 Å². The number of piperazine rings is 1. The summed E-state index contributed by atoms with van der Waals surface area (Å²) in [5.41, 5.74) is 0.835. The molecule has 0 unspecified atom stereocenters. The molecule has 1 aromatic heterocycles. The Hall–Kier alpha value is -1.90. The fraction of sp³-hybridized carbons (Fsp3) is 0.400. The highest BCUT2D eigenvalue weighted by atomic mass is 32.2. The maximum Gasteiger partial charge on any atom is 0.264 e. The van der Waals surface area contributed by atoms with Crippen LogP contribution in [0.25, 0.3) is 0 Å². The monoisotopic (exact) mass is 419 g/mol. The third kappa shape index (κ3) is 4.24. The maximum atomic E-state index is 13.6. The van der Waals surface area contributed by atoms with Crippen molar-refractivity contribution in [2.24, 2.45) is 0 Å². The molecule has 5 nitrogen and oxygen atoms in total. The van der Waals surface area contributed by atoms with Crippen LogP contribution in [0.2, 0.25) is 0 Å². The SMILES string of the molecule is O=C(c1cccs1)N1CCN(CCN2C(=O)CS[C@@H]2c2cccc(F)c2)CC1.